The minimum Gasteiger partial charge on any atom is -0.476 e. The SMILES string of the molecule is COC(=O)C(CCCl)Oc1ccccc1-n1cccc1. The van der Waals surface area contributed by atoms with Crippen LogP contribution in [0.5, 0.6) is 5.75 Å². The van der Waals surface area contributed by atoms with E-state index in [1.807, 2.05) is 53.4 Å². The van der Waals surface area contributed by atoms with E-state index in [0.29, 0.717) is 18.1 Å². The van der Waals surface area contributed by atoms with Crippen LogP contribution in [0, 0.1) is 0 Å². The van der Waals surface area contributed by atoms with Crippen molar-refractivity contribution in [2.45, 2.75) is 12.5 Å². The fraction of sp³-hybridized carbons (Fsp3) is 0.267. The minimum absolute atomic E-state index is 0.325. The van der Waals surface area contributed by atoms with Gasteiger partial charge in [-0.1, -0.05) is 12.1 Å². The van der Waals surface area contributed by atoms with Gasteiger partial charge in [-0.25, -0.2) is 4.79 Å². The number of hydrogen-bond donors (Lipinski definition) is 0. The molecule has 20 heavy (non-hydrogen) atoms. The first-order chi connectivity index (χ1) is 9.76. The molecule has 1 atom stereocenters. The Balaban J connectivity index is 2.26. The summed E-state index contributed by atoms with van der Waals surface area (Å²) in [4.78, 5) is 11.7. The second-order valence-corrected chi connectivity index (χ2v) is 4.54. The van der Waals surface area contributed by atoms with Crippen LogP contribution in [0.3, 0.4) is 0 Å². The first-order valence-electron chi connectivity index (χ1n) is 6.29. The number of methoxy groups -OCH3 is 1. The molecule has 106 valence electrons. The minimum atomic E-state index is -0.700. The summed E-state index contributed by atoms with van der Waals surface area (Å²) in [6, 6.07) is 11.4. The van der Waals surface area contributed by atoms with E-state index in [2.05, 4.69) is 0 Å². The molecular weight excluding hydrogens is 278 g/mol. The second kappa shape index (κ2) is 7.01. The molecule has 5 heteroatoms. The topological polar surface area (TPSA) is 40.5 Å². The maximum atomic E-state index is 11.7. The predicted molar refractivity (Wildman–Crippen MR) is 77.5 cm³/mol. The van der Waals surface area contributed by atoms with Crippen molar-refractivity contribution in [2.75, 3.05) is 13.0 Å². The number of esters is 1. The maximum Gasteiger partial charge on any atom is 0.347 e. The number of alkyl halides is 1. The zero-order chi connectivity index (χ0) is 14.4. The molecule has 1 unspecified atom stereocenters. The van der Waals surface area contributed by atoms with Gasteiger partial charge in [-0.3, -0.25) is 0 Å². The average Bonchev–Trinajstić information content (AvgIpc) is 3.00. The lowest BCUT2D eigenvalue weighted by molar-refractivity contribution is -0.148. The fourth-order valence-corrected chi connectivity index (χ4v) is 2.07. The molecule has 0 aliphatic rings. The van der Waals surface area contributed by atoms with E-state index in [1.165, 1.54) is 7.11 Å². The average molecular weight is 294 g/mol. The van der Waals surface area contributed by atoms with Gasteiger partial charge in [0.2, 0.25) is 0 Å². The third kappa shape index (κ3) is 3.33. The monoisotopic (exact) mass is 293 g/mol. The number of nitrogens with zero attached hydrogens (tertiary/aromatic N) is 1. The third-order valence-corrected chi connectivity index (χ3v) is 3.07. The standard InChI is InChI=1S/C15H16ClNO3/c1-19-15(18)14(8-9-16)20-13-7-3-2-6-12(13)17-10-4-5-11-17/h2-7,10-11,14H,8-9H2,1H3. The van der Waals surface area contributed by atoms with Gasteiger partial charge in [-0.2, -0.15) is 0 Å². The number of benzene rings is 1. The van der Waals surface area contributed by atoms with Gasteiger partial charge in [0, 0.05) is 24.7 Å². The number of hydrogen-bond acceptors (Lipinski definition) is 3. The summed E-state index contributed by atoms with van der Waals surface area (Å²) in [6.45, 7) is 0. The van der Waals surface area contributed by atoms with Crippen molar-refractivity contribution < 1.29 is 14.3 Å². The number of ether oxygens (including phenoxy) is 2. The second-order valence-electron chi connectivity index (χ2n) is 4.17. The first-order valence-corrected chi connectivity index (χ1v) is 6.82. The van der Waals surface area contributed by atoms with Crippen molar-refractivity contribution in [3.05, 3.63) is 48.8 Å². The number of carbonyl (C=O) groups is 1. The van der Waals surface area contributed by atoms with Crippen molar-refractivity contribution in [2.24, 2.45) is 0 Å². The highest BCUT2D eigenvalue weighted by Crippen LogP contribution is 2.24. The van der Waals surface area contributed by atoms with E-state index in [4.69, 9.17) is 21.1 Å². The normalized spacial score (nSPS) is 11.9. The van der Waals surface area contributed by atoms with Crippen LogP contribution in [0.4, 0.5) is 0 Å². The quantitative estimate of drug-likeness (QED) is 0.607. The molecule has 0 aliphatic heterocycles. The molecule has 0 bridgehead atoms. The summed E-state index contributed by atoms with van der Waals surface area (Å²) in [7, 11) is 1.34. The van der Waals surface area contributed by atoms with Crippen LogP contribution >= 0.6 is 11.6 Å². The molecule has 0 saturated heterocycles. The van der Waals surface area contributed by atoms with Crippen molar-refractivity contribution in [3.63, 3.8) is 0 Å². The van der Waals surface area contributed by atoms with Crippen LogP contribution in [-0.4, -0.2) is 29.6 Å². The summed E-state index contributed by atoms with van der Waals surface area (Å²) in [5.41, 5.74) is 0.862. The first kappa shape index (κ1) is 14.5. The van der Waals surface area contributed by atoms with E-state index in [0.717, 1.165) is 5.69 Å². The van der Waals surface area contributed by atoms with Gasteiger partial charge in [-0.15, -0.1) is 11.6 Å². The Labute approximate surface area is 122 Å². The van der Waals surface area contributed by atoms with Gasteiger partial charge < -0.3 is 14.0 Å². The number of rotatable bonds is 6. The molecule has 4 nitrogen and oxygen atoms in total. The highest BCUT2D eigenvalue weighted by Gasteiger charge is 2.21. The van der Waals surface area contributed by atoms with Crippen molar-refractivity contribution in [3.8, 4) is 11.4 Å². The molecule has 2 rings (SSSR count). The smallest absolute Gasteiger partial charge is 0.347 e. The molecule has 0 aliphatic carbocycles. The molecular formula is C15H16ClNO3. The highest BCUT2D eigenvalue weighted by atomic mass is 35.5. The number of halogens is 1. The Morgan fingerprint density at radius 3 is 2.60 bits per heavy atom. The molecule has 0 radical (unpaired) electrons. The van der Waals surface area contributed by atoms with Gasteiger partial charge >= 0.3 is 5.97 Å². The van der Waals surface area contributed by atoms with Crippen LogP contribution < -0.4 is 4.74 Å². The van der Waals surface area contributed by atoms with E-state index < -0.39 is 12.1 Å². The zero-order valence-electron chi connectivity index (χ0n) is 11.2. The highest BCUT2D eigenvalue weighted by molar-refractivity contribution is 6.18. The van der Waals surface area contributed by atoms with E-state index >= 15 is 0 Å². The molecule has 0 spiro atoms. The van der Waals surface area contributed by atoms with E-state index in [-0.39, 0.29) is 0 Å². The van der Waals surface area contributed by atoms with Gasteiger partial charge in [-0.05, 0) is 24.3 Å². The van der Waals surface area contributed by atoms with Crippen molar-refractivity contribution >= 4 is 17.6 Å². The lowest BCUT2D eigenvalue weighted by Gasteiger charge is -2.18. The van der Waals surface area contributed by atoms with E-state index in [9.17, 15) is 4.79 Å². The summed E-state index contributed by atoms with van der Waals surface area (Å²) < 4.78 is 12.4. The van der Waals surface area contributed by atoms with Crippen LogP contribution in [0.1, 0.15) is 6.42 Å². The number of aromatic nitrogens is 1. The Morgan fingerprint density at radius 1 is 1.25 bits per heavy atom. The van der Waals surface area contributed by atoms with Crippen LogP contribution in [-0.2, 0) is 9.53 Å². The van der Waals surface area contributed by atoms with Gasteiger partial charge in [0.25, 0.3) is 0 Å². The van der Waals surface area contributed by atoms with Gasteiger partial charge in [0.1, 0.15) is 5.75 Å². The number of carbonyl (C=O) groups excluding carboxylic acids is 1. The lowest BCUT2D eigenvalue weighted by Crippen LogP contribution is -2.29. The largest absolute Gasteiger partial charge is 0.476 e. The van der Waals surface area contributed by atoms with Crippen molar-refractivity contribution in [1.82, 2.24) is 4.57 Å². The van der Waals surface area contributed by atoms with Crippen LogP contribution in [0.15, 0.2) is 48.8 Å². The summed E-state index contributed by atoms with van der Waals surface area (Å²) in [5, 5.41) is 0. The molecule has 1 aromatic carbocycles. The zero-order valence-corrected chi connectivity index (χ0v) is 11.9. The van der Waals surface area contributed by atoms with Crippen molar-refractivity contribution in [1.29, 1.82) is 0 Å². The summed E-state index contributed by atoms with van der Waals surface area (Å²) in [5.74, 6) is 0.517. The third-order valence-electron chi connectivity index (χ3n) is 2.85. The van der Waals surface area contributed by atoms with E-state index in [1.54, 1.807) is 0 Å². The molecule has 1 aromatic heterocycles. The Hall–Kier alpha value is -1.94. The summed E-state index contributed by atoms with van der Waals surface area (Å²) in [6.07, 6.45) is 3.52. The Kier molecular flexibility index (Phi) is 5.07. The van der Waals surface area contributed by atoms with Gasteiger partial charge in [0.05, 0.1) is 12.8 Å². The lowest BCUT2D eigenvalue weighted by atomic mass is 10.2. The molecule has 0 fully saturated rings. The molecule has 0 N–H and O–H groups in total. The molecule has 0 amide bonds. The summed E-state index contributed by atoms with van der Waals surface area (Å²) >= 11 is 5.71. The molecule has 2 aromatic rings. The predicted octanol–water partition coefficient (Wildman–Crippen LogP) is 3.03. The Morgan fingerprint density at radius 2 is 1.95 bits per heavy atom. The maximum absolute atomic E-state index is 11.7. The fourth-order valence-electron chi connectivity index (χ4n) is 1.87. The van der Waals surface area contributed by atoms with Gasteiger partial charge in [0.15, 0.2) is 6.10 Å². The number of para-hydroxylation sites is 2. The Bertz CT molecular complexity index is 554. The molecule has 0 saturated carbocycles. The van der Waals surface area contributed by atoms with Crippen LogP contribution in [0.25, 0.3) is 5.69 Å². The van der Waals surface area contributed by atoms with Crippen LogP contribution in [0.2, 0.25) is 0 Å². The molecule has 1 heterocycles.